The number of esters is 1. The fourth-order valence-electron chi connectivity index (χ4n) is 4.11. The van der Waals surface area contributed by atoms with E-state index in [2.05, 4.69) is 5.10 Å². The lowest BCUT2D eigenvalue weighted by Gasteiger charge is -2.37. The zero-order valence-corrected chi connectivity index (χ0v) is 18.4. The molecule has 0 fully saturated rings. The standard InChI is InChI=1S/C22H29N3O5/c1-13-16(14(2)24(3)23-13)11-21(26)25-8-7-15-9-19(28-4)20(29-5)10-17(15)18(25)12-22(27)30-6/h9-10,18H,7-8,11-12H2,1-6H3. The Kier molecular flexibility index (Phi) is 6.34. The van der Waals surface area contributed by atoms with E-state index in [4.69, 9.17) is 14.2 Å². The molecule has 1 aromatic carbocycles. The largest absolute Gasteiger partial charge is 0.493 e. The Morgan fingerprint density at radius 2 is 1.80 bits per heavy atom. The highest BCUT2D eigenvalue weighted by atomic mass is 16.5. The number of amides is 1. The summed E-state index contributed by atoms with van der Waals surface area (Å²) in [6.07, 6.45) is 0.992. The lowest BCUT2D eigenvalue weighted by molar-refractivity contribution is -0.144. The van der Waals surface area contributed by atoms with Crippen molar-refractivity contribution in [1.82, 2.24) is 14.7 Å². The Balaban J connectivity index is 1.98. The van der Waals surface area contributed by atoms with Crippen LogP contribution in [0.3, 0.4) is 0 Å². The zero-order valence-electron chi connectivity index (χ0n) is 18.4. The van der Waals surface area contributed by atoms with Crippen molar-refractivity contribution >= 4 is 11.9 Å². The maximum absolute atomic E-state index is 13.3. The second kappa shape index (κ2) is 8.77. The summed E-state index contributed by atoms with van der Waals surface area (Å²) in [5.41, 5.74) is 4.67. The molecule has 2 aromatic rings. The predicted octanol–water partition coefficient (Wildman–Crippen LogP) is 2.29. The van der Waals surface area contributed by atoms with Crippen LogP contribution in [0.2, 0.25) is 0 Å². The molecule has 8 nitrogen and oxygen atoms in total. The van der Waals surface area contributed by atoms with Crippen molar-refractivity contribution in [2.45, 2.75) is 39.2 Å². The van der Waals surface area contributed by atoms with E-state index < -0.39 is 6.04 Å². The topological polar surface area (TPSA) is 82.9 Å². The molecule has 30 heavy (non-hydrogen) atoms. The molecule has 1 aliphatic rings. The number of benzene rings is 1. The summed E-state index contributed by atoms with van der Waals surface area (Å²) in [7, 11) is 6.38. The van der Waals surface area contributed by atoms with Crippen LogP contribution in [0.1, 0.15) is 40.5 Å². The molecule has 0 N–H and O–H groups in total. The van der Waals surface area contributed by atoms with Crippen molar-refractivity contribution in [2.24, 2.45) is 7.05 Å². The number of ether oxygens (including phenoxy) is 3. The number of carbonyl (C=O) groups is 2. The first-order valence-corrected chi connectivity index (χ1v) is 9.90. The molecule has 0 saturated carbocycles. The number of nitrogens with zero attached hydrogens (tertiary/aromatic N) is 3. The first-order chi connectivity index (χ1) is 14.3. The molecular weight excluding hydrogens is 386 g/mol. The van der Waals surface area contributed by atoms with Crippen LogP contribution in [-0.2, 0) is 34.2 Å². The van der Waals surface area contributed by atoms with E-state index in [0.717, 1.165) is 28.1 Å². The van der Waals surface area contributed by atoms with Gasteiger partial charge in [0.2, 0.25) is 5.91 Å². The van der Waals surface area contributed by atoms with Gasteiger partial charge in [0.05, 0.1) is 45.9 Å². The second-order valence-corrected chi connectivity index (χ2v) is 7.49. The van der Waals surface area contributed by atoms with Gasteiger partial charge in [0, 0.05) is 24.8 Å². The predicted molar refractivity (Wildman–Crippen MR) is 111 cm³/mol. The molecule has 0 spiro atoms. The third-order valence-corrected chi connectivity index (χ3v) is 5.90. The van der Waals surface area contributed by atoms with Gasteiger partial charge in [-0.2, -0.15) is 5.10 Å². The average molecular weight is 415 g/mol. The highest BCUT2D eigenvalue weighted by molar-refractivity contribution is 5.81. The van der Waals surface area contributed by atoms with Crippen molar-refractivity contribution in [3.8, 4) is 11.5 Å². The summed E-state index contributed by atoms with van der Waals surface area (Å²) >= 11 is 0. The monoisotopic (exact) mass is 415 g/mol. The van der Waals surface area contributed by atoms with Crippen LogP contribution in [0.15, 0.2) is 12.1 Å². The summed E-state index contributed by atoms with van der Waals surface area (Å²) in [6, 6.07) is 3.36. The minimum atomic E-state index is -0.425. The van der Waals surface area contributed by atoms with Crippen LogP contribution in [0, 0.1) is 13.8 Å². The quantitative estimate of drug-likeness (QED) is 0.673. The van der Waals surface area contributed by atoms with Crippen LogP contribution in [-0.4, -0.2) is 54.4 Å². The van der Waals surface area contributed by atoms with E-state index in [1.165, 1.54) is 7.11 Å². The van der Waals surface area contributed by atoms with Crippen LogP contribution in [0.4, 0.5) is 0 Å². The molecular formula is C22H29N3O5. The molecule has 1 amide bonds. The Labute approximate surface area is 176 Å². The van der Waals surface area contributed by atoms with Crippen molar-refractivity contribution < 1.29 is 23.8 Å². The van der Waals surface area contributed by atoms with Gasteiger partial charge in [0.25, 0.3) is 0 Å². The molecule has 0 radical (unpaired) electrons. The molecule has 0 bridgehead atoms. The lowest BCUT2D eigenvalue weighted by Crippen LogP contribution is -2.42. The molecule has 2 heterocycles. The van der Waals surface area contributed by atoms with Gasteiger partial charge in [-0.1, -0.05) is 0 Å². The van der Waals surface area contributed by atoms with Gasteiger partial charge in [-0.3, -0.25) is 14.3 Å². The normalized spacial score (nSPS) is 15.5. The molecule has 1 aliphatic heterocycles. The molecule has 0 aliphatic carbocycles. The van der Waals surface area contributed by atoms with Crippen LogP contribution in [0.5, 0.6) is 11.5 Å². The van der Waals surface area contributed by atoms with E-state index in [-0.39, 0.29) is 24.7 Å². The van der Waals surface area contributed by atoms with E-state index in [0.29, 0.717) is 24.5 Å². The number of hydrogen-bond donors (Lipinski definition) is 0. The number of aromatic nitrogens is 2. The number of fused-ring (bicyclic) bond motifs is 1. The molecule has 1 aromatic heterocycles. The molecule has 8 heteroatoms. The van der Waals surface area contributed by atoms with Crippen molar-refractivity contribution in [1.29, 1.82) is 0 Å². The third kappa shape index (κ3) is 3.99. The van der Waals surface area contributed by atoms with Gasteiger partial charge in [-0.05, 0) is 43.5 Å². The van der Waals surface area contributed by atoms with Gasteiger partial charge in [-0.15, -0.1) is 0 Å². The lowest BCUT2D eigenvalue weighted by atomic mass is 9.89. The average Bonchev–Trinajstić information content (AvgIpc) is 2.98. The van der Waals surface area contributed by atoms with Crippen molar-refractivity contribution in [2.75, 3.05) is 27.9 Å². The number of hydrogen-bond acceptors (Lipinski definition) is 6. The smallest absolute Gasteiger partial charge is 0.307 e. The zero-order chi connectivity index (χ0) is 22.0. The number of carbonyl (C=O) groups excluding carboxylic acids is 2. The van der Waals surface area contributed by atoms with Gasteiger partial charge in [-0.25, -0.2) is 0 Å². The van der Waals surface area contributed by atoms with Crippen LogP contribution < -0.4 is 9.47 Å². The van der Waals surface area contributed by atoms with Gasteiger partial charge >= 0.3 is 5.97 Å². The van der Waals surface area contributed by atoms with E-state index in [9.17, 15) is 9.59 Å². The Morgan fingerprint density at radius 3 is 2.37 bits per heavy atom. The SMILES string of the molecule is COC(=O)CC1c2cc(OC)c(OC)cc2CCN1C(=O)Cc1c(C)nn(C)c1C. The Hall–Kier alpha value is -3.03. The maximum atomic E-state index is 13.3. The first kappa shape index (κ1) is 21.7. The van der Waals surface area contributed by atoms with Gasteiger partial charge in [0.1, 0.15) is 0 Å². The van der Waals surface area contributed by atoms with E-state index in [1.54, 1.807) is 23.8 Å². The molecule has 3 rings (SSSR count). The second-order valence-electron chi connectivity index (χ2n) is 7.49. The van der Waals surface area contributed by atoms with Crippen molar-refractivity contribution in [3.05, 3.63) is 40.2 Å². The number of methoxy groups -OCH3 is 3. The maximum Gasteiger partial charge on any atom is 0.307 e. The fourth-order valence-corrected chi connectivity index (χ4v) is 4.11. The van der Waals surface area contributed by atoms with Crippen LogP contribution in [0.25, 0.3) is 0 Å². The van der Waals surface area contributed by atoms with Crippen LogP contribution >= 0.6 is 0 Å². The van der Waals surface area contributed by atoms with E-state index in [1.807, 2.05) is 33.0 Å². The summed E-state index contributed by atoms with van der Waals surface area (Å²) in [5, 5.41) is 4.41. The number of rotatable bonds is 6. The first-order valence-electron chi connectivity index (χ1n) is 9.90. The molecule has 0 saturated heterocycles. The molecule has 1 unspecified atom stereocenters. The minimum Gasteiger partial charge on any atom is -0.493 e. The summed E-state index contributed by atoms with van der Waals surface area (Å²) in [6.45, 7) is 4.38. The highest BCUT2D eigenvalue weighted by Crippen LogP contribution is 2.40. The number of aryl methyl sites for hydroxylation is 2. The Morgan fingerprint density at radius 1 is 1.13 bits per heavy atom. The fraction of sp³-hybridized carbons (Fsp3) is 0.500. The summed E-state index contributed by atoms with van der Waals surface area (Å²) in [5.74, 6) is 0.798. The minimum absolute atomic E-state index is 0.0384. The van der Waals surface area contributed by atoms with Gasteiger partial charge in [0.15, 0.2) is 11.5 Å². The van der Waals surface area contributed by atoms with E-state index >= 15 is 0 Å². The summed E-state index contributed by atoms with van der Waals surface area (Å²) in [4.78, 5) is 27.3. The summed E-state index contributed by atoms with van der Waals surface area (Å²) < 4.78 is 17.6. The third-order valence-electron chi connectivity index (χ3n) is 5.90. The Bertz CT molecular complexity index is 966. The molecule has 162 valence electrons. The highest BCUT2D eigenvalue weighted by Gasteiger charge is 2.34. The van der Waals surface area contributed by atoms with Gasteiger partial charge < -0.3 is 19.1 Å². The van der Waals surface area contributed by atoms with Crippen molar-refractivity contribution in [3.63, 3.8) is 0 Å². The molecule has 1 atom stereocenters.